The number of allylic oxidation sites excluding steroid dienone is 6. The third-order valence-electron chi connectivity index (χ3n) is 16.8. The molecule has 462 valence electrons. The van der Waals surface area contributed by atoms with E-state index in [1.165, 1.54) is 302 Å². The van der Waals surface area contributed by atoms with E-state index in [1.807, 2.05) is 0 Å². The fourth-order valence-electron chi connectivity index (χ4n) is 11.3. The van der Waals surface area contributed by atoms with Gasteiger partial charge in [-0.15, -0.1) is 0 Å². The number of aliphatic hydroxyl groups is 4. The highest BCUT2D eigenvalue weighted by Gasteiger charge is 2.28. The first-order valence-electron chi connectivity index (χ1n) is 35.4. The number of unbranched alkanes of at least 4 members (excludes halogenated alkanes) is 51. The standard InChI is InChI=1S/C72H139NO5/c1-3-5-7-9-11-13-15-17-19-21-23-25-27-29-31-33-35-36-38-39-41-43-45-47-49-51-53-55-57-59-61-63-65-69(75)71(77)68(67-74)73-72(78)70(76)66-64-62-60-58-56-54-52-50-48-46-44-42-40-37-34-32-30-28-26-24-22-20-18-16-14-12-10-8-6-4-2/h41,43,49,51,57,59,68-71,74-77H,3-40,42,44-48,50,52-56,58,60-67H2,1-2H3,(H,73,78)/b43-41+,51-49+,59-57+. The molecule has 0 aromatic rings. The SMILES string of the molecule is CCCCCCCCCCCCCCCCCCCCC/C=C/CC/C=C/CC/C=C/CCCC(O)C(O)C(CO)NC(=O)C(O)CCCCCCCCCCCCCCCCCCCCCCCCCCCCCCCC. The Balaban J connectivity index is 3.60. The summed E-state index contributed by atoms with van der Waals surface area (Å²) in [5.41, 5.74) is 0. The molecule has 6 heteroatoms. The van der Waals surface area contributed by atoms with Crippen molar-refractivity contribution in [1.82, 2.24) is 5.32 Å². The van der Waals surface area contributed by atoms with Gasteiger partial charge < -0.3 is 25.7 Å². The van der Waals surface area contributed by atoms with Gasteiger partial charge in [0.2, 0.25) is 5.91 Å². The van der Waals surface area contributed by atoms with E-state index in [4.69, 9.17) is 0 Å². The van der Waals surface area contributed by atoms with Crippen molar-refractivity contribution in [3.05, 3.63) is 36.5 Å². The smallest absolute Gasteiger partial charge is 0.249 e. The number of amides is 1. The van der Waals surface area contributed by atoms with E-state index in [1.54, 1.807) is 0 Å². The van der Waals surface area contributed by atoms with Crippen LogP contribution in [-0.2, 0) is 4.79 Å². The highest BCUT2D eigenvalue weighted by atomic mass is 16.3. The summed E-state index contributed by atoms with van der Waals surface area (Å²) in [4.78, 5) is 12.7. The van der Waals surface area contributed by atoms with Crippen LogP contribution in [0.4, 0.5) is 0 Å². The summed E-state index contributed by atoms with van der Waals surface area (Å²) >= 11 is 0. The Labute approximate surface area is 487 Å². The lowest BCUT2D eigenvalue weighted by molar-refractivity contribution is -0.132. The number of hydrogen-bond donors (Lipinski definition) is 5. The molecule has 0 rings (SSSR count). The number of nitrogens with one attached hydrogen (secondary N) is 1. The van der Waals surface area contributed by atoms with Crippen LogP contribution in [-0.4, -0.2) is 57.3 Å². The quantitative estimate of drug-likeness (QED) is 0.0308. The topological polar surface area (TPSA) is 110 Å². The summed E-state index contributed by atoms with van der Waals surface area (Å²) in [6, 6.07) is -1.01. The van der Waals surface area contributed by atoms with Gasteiger partial charge in [0.05, 0.1) is 18.8 Å². The van der Waals surface area contributed by atoms with Crippen molar-refractivity contribution >= 4 is 5.91 Å². The van der Waals surface area contributed by atoms with Crippen molar-refractivity contribution in [3.63, 3.8) is 0 Å². The zero-order chi connectivity index (χ0) is 56.6. The number of hydrogen-bond acceptors (Lipinski definition) is 5. The van der Waals surface area contributed by atoms with Gasteiger partial charge in [-0.3, -0.25) is 4.79 Å². The summed E-state index contributed by atoms with van der Waals surface area (Å²) in [7, 11) is 0. The van der Waals surface area contributed by atoms with Gasteiger partial charge >= 0.3 is 0 Å². The predicted molar refractivity (Wildman–Crippen MR) is 344 cm³/mol. The van der Waals surface area contributed by atoms with Crippen molar-refractivity contribution in [2.24, 2.45) is 0 Å². The number of carbonyl (C=O) groups is 1. The molecule has 5 N–H and O–H groups in total. The van der Waals surface area contributed by atoms with E-state index in [0.717, 1.165) is 51.4 Å². The van der Waals surface area contributed by atoms with Crippen molar-refractivity contribution < 1.29 is 25.2 Å². The van der Waals surface area contributed by atoms with E-state index in [9.17, 15) is 25.2 Å². The Hall–Kier alpha value is -1.47. The van der Waals surface area contributed by atoms with E-state index in [-0.39, 0.29) is 0 Å². The molecule has 4 unspecified atom stereocenters. The maximum atomic E-state index is 12.7. The minimum atomic E-state index is -1.29. The molecule has 0 bridgehead atoms. The Bertz CT molecular complexity index is 1230. The van der Waals surface area contributed by atoms with E-state index >= 15 is 0 Å². The fourth-order valence-corrected chi connectivity index (χ4v) is 11.3. The van der Waals surface area contributed by atoms with Gasteiger partial charge in [-0.2, -0.15) is 0 Å². The molecular weight excluding hydrogens is 959 g/mol. The van der Waals surface area contributed by atoms with Gasteiger partial charge in [0, 0.05) is 0 Å². The van der Waals surface area contributed by atoms with E-state index < -0.39 is 36.9 Å². The van der Waals surface area contributed by atoms with Crippen molar-refractivity contribution in [2.75, 3.05) is 6.61 Å². The third kappa shape index (κ3) is 59.2. The number of carbonyl (C=O) groups excluding carboxylic acids is 1. The maximum absolute atomic E-state index is 12.7. The molecule has 4 atom stereocenters. The molecule has 0 radical (unpaired) electrons. The Kier molecular flexibility index (Phi) is 65.1. The molecule has 0 saturated carbocycles. The molecule has 0 aromatic heterocycles. The largest absolute Gasteiger partial charge is 0.394 e. The molecule has 0 aromatic carbocycles. The molecule has 0 aliphatic rings. The highest BCUT2D eigenvalue weighted by Crippen LogP contribution is 2.19. The summed E-state index contributed by atoms with van der Waals surface area (Å²) in [5.74, 6) is -0.592. The Morgan fingerprint density at radius 2 is 0.538 bits per heavy atom. The second-order valence-corrected chi connectivity index (χ2v) is 24.6. The minimum Gasteiger partial charge on any atom is -0.394 e. The number of rotatable bonds is 66. The molecule has 78 heavy (non-hydrogen) atoms. The fraction of sp³-hybridized carbons (Fsp3) is 0.903. The van der Waals surface area contributed by atoms with Gasteiger partial charge in [-0.1, -0.05) is 359 Å². The number of aliphatic hydroxyl groups excluding tert-OH is 4. The van der Waals surface area contributed by atoms with E-state index in [2.05, 4.69) is 55.6 Å². The molecule has 6 nitrogen and oxygen atoms in total. The van der Waals surface area contributed by atoms with Crippen molar-refractivity contribution in [3.8, 4) is 0 Å². The lowest BCUT2D eigenvalue weighted by Gasteiger charge is -2.27. The average molecular weight is 1100 g/mol. The van der Waals surface area contributed by atoms with Crippen LogP contribution >= 0.6 is 0 Å². The van der Waals surface area contributed by atoms with Crippen LogP contribution in [0.15, 0.2) is 36.5 Å². The third-order valence-corrected chi connectivity index (χ3v) is 16.8. The molecule has 0 fully saturated rings. The lowest BCUT2D eigenvalue weighted by Crippen LogP contribution is -2.53. The van der Waals surface area contributed by atoms with Crippen LogP contribution in [0.3, 0.4) is 0 Å². The molecule has 0 heterocycles. The zero-order valence-corrected chi connectivity index (χ0v) is 52.7. The second-order valence-electron chi connectivity index (χ2n) is 24.6. The van der Waals surface area contributed by atoms with Crippen LogP contribution in [0.1, 0.15) is 386 Å². The average Bonchev–Trinajstić information content (AvgIpc) is 3.45. The van der Waals surface area contributed by atoms with Gasteiger partial charge in [0.15, 0.2) is 0 Å². The first-order valence-corrected chi connectivity index (χ1v) is 35.4. The van der Waals surface area contributed by atoms with Crippen molar-refractivity contribution in [2.45, 2.75) is 411 Å². The van der Waals surface area contributed by atoms with Crippen LogP contribution in [0.5, 0.6) is 0 Å². The molecule has 0 spiro atoms. The van der Waals surface area contributed by atoms with Crippen LogP contribution in [0.2, 0.25) is 0 Å². The predicted octanol–water partition coefficient (Wildman–Crippen LogP) is 21.9. The van der Waals surface area contributed by atoms with Gasteiger partial charge in [-0.05, 0) is 64.2 Å². The summed E-state index contributed by atoms with van der Waals surface area (Å²) in [6.45, 7) is 4.09. The second kappa shape index (κ2) is 66.3. The Morgan fingerprint density at radius 1 is 0.308 bits per heavy atom. The van der Waals surface area contributed by atoms with Crippen molar-refractivity contribution in [1.29, 1.82) is 0 Å². The van der Waals surface area contributed by atoms with Gasteiger partial charge in [-0.25, -0.2) is 0 Å². The van der Waals surface area contributed by atoms with Crippen LogP contribution in [0.25, 0.3) is 0 Å². The zero-order valence-electron chi connectivity index (χ0n) is 52.7. The first-order chi connectivity index (χ1) is 38.5. The molecule has 0 aliphatic carbocycles. The summed E-state index contributed by atoms with van der Waals surface area (Å²) < 4.78 is 0. The normalized spacial score (nSPS) is 13.7. The van der Waals surface area contributed by atoms with Gasteiger partial charge in [0.25, 0.3) is 0 Å². The lowest BCUT2D eigenvalue weighted by atomic mass is 10.00. The van der Waals surface area contributed by atoms with E-state index in [0.29, 0.717) is 19.3 Å². The minimum absolute atomic E-state index is 0.362. The first kappa shape index (κ1) is 76.5. The highest BCUT2D eigenvalue weighted by molar-refractivity contribution is 5.80. The molecule has 0 aliphatic heterocycles. The summed E-state index contributed by atoms with van der Waals surface area (Å²) in [6.07, 6.45) is 85.7. The molecular formula is C72H139NO5. The van der Waals surface area contributed by atoms with Crippen LogP contribution in [0, 0.1) is 0 Å². The molecule has 0 saturated heterocycles. The molecule has 1 amide bonds. The monoisotopic (exact) mass is 1100 g/mol. The maximum Gasteiger partial charge on any atom is 0.249 e. The summed E-state index contributed by atoms with van der Waals surface area (Å²) in [5, 5.41) is 44.2. The van der Waals surface area contributed by atoms with Gasteiger partial charge in [0.1, 0.15) is 12.2 Å². The Morgan fingerprint density at radius 3 is 0.808 bits per heavy atom. The van der Waals surface area contributed by atoms with Crippen LogP contribution < -0.4 is 5.32 Å².